The molecule has 4 N–H and O–H groups in total. The molecule has 1 aromatic heterocycles. The Morgan fingerprint density at radius 2 is 1.97 bits per heavy atom. The quantitative estimate of drug-likeness (QED) is 0.391. The maximum absolute atomic E-state index is 13.0. The van der Waals surface area contributed by atoms with Gasteiger partial charge < -0.3 is 20.5 Å². The monoisotopic (exact) mass is 449 g/mol. The first kappa shape index (κ1) is 24.4. The highest BCUT2D eigenvalue weighted by Gasteiger charge is 2.29. The fourth-order valence-corrected chi connectivity index (χ4v) is 3.85. The molecule has 0 fully saturated rings. The van der Waals surface area contributed by atoms with E-state index < -0.39 is 18.0 Å². The van der Waals surface area contributed by atoms with Crippen molar-refractivity contribution < 1.29 is 24.6 Å². The molecule has 1 aromatic carbocycles. The van der Waals surface area contributed by atoms with Crippen molar-refractivity contribution in [3.8, 4) is 0 Å². The summed E-state index contributed by atoms with van der Waals surface area (Å²) in [4.78, 5) is 42.7. The molecular weight excluding hydrogens is 422 g/mol. The minimum atomic E-state index is -1.12. The fraction of sp³-hybridized carbons (Fsp3) is 0.455. The Hall–Kier alpha value is -2.87. The van der Waals surface area contributed by atoms with Crippen molar-refractivity contribution in [2.24, 2.45) is 11.8 Å². The Balaban J connectivity index is 2.12. The highest BCUT2D eigenvalue weighted by Crippen LogP contribution is 2.26. The van der Waals surface area contributed by atoms with E-state index in [-0.39, 0.29) is 34.7 Å². The van der Waals surface area contributed by atoms with Crippen LogP contribution < -0.4 is 5.32 Å². The third-order valence-electron chi connectivity index (χ3n) is 5.30. The standard InChI is InChI=1S/C22H28ClN3O5/c1-3-4-5-16(13(2)8-14-6-7-17(21(28)29)18(23)9-14)20(27)26-19(22(30)31)10-15-11-24-12-25-15/h6-7,9,11-13,16,19H,3-5,8,10H2,1-2H3,(H,24,25)(H,26,27)(H,28,29)(H,30,31). The Morgan fingerprint density at radius 1 is 1.23 bits per heavy atom. The van der Waals surface area contributed by atoms with Gasteiger partial charge in [-0.15, -0.1) is 0 Å². The van der Waals surface area contributed by atoms with Crippen molar-refractivity contribution in [1.82, 2.24) is 15.3 Å². The van der Waals surface area contributed by atoms with Crippen LogP contribution in [0.1, 0.15) is 54.7 Å². The van der Waals surface area contributed by atoms with Crippen LogP contribution in [0.4, 0.5) is 0 Å². The van der Waals surface area contributed by atoms with Gasteiger partial charge in [-0.2, -0.15) is 0 Å². The lowest BCUT2D eigenvalue weighted by Gasteiger charge is -2.25. The summed E-state index contributed by atoms with van der Waals surface area (Å²) >= 11 is 6.07. The number of aromatic nitrogens is 2. The van der Waals surface area contributed by atoms with Crippen LogP contribution in [-0.4, -0.2) is 44.1 Å². The molecule has 0 saturated carbocycles. The smallest absolute Gasteiger partial charge is 0.337 e. The molecule has 168 valence electrons. The number of H-pyrrole nitrogens is 1. The molecule has 0 aliphatic carbocycles. The lowest BCUT2D eigenvalue weighted by Crippen LogP contribution is -2.46. The number of rotatable bonds is 12. The highest BCUT2D eigenvalue weighted by molar-refractivity contribution is 6.33. The number of carbonyl (C=O) groups excluding carboxylic acids is 1. The van der Waals surface area contributed by atoms with Gasteiger partial charge in [0.25, 0.3) is 0 Å². The number of benzene rings is 1. The number of unbranched alkanes of at least 4 members (excludes halogenated alkanes) is 1. The van der Waals surface area contributed by atoms with Crippen LogP contribution in [0.3, 0.4) is 0 Å². The summed E-state index contributed by atoms with van der Waals surface area (Å²) in [7, 11) is 0. The van der Waals surface area contributed by atoms with Crippen molar-refractivity contribution in [2.45, 2.75) is 52.0 Å². The minimum absolute atomic E-state index is 0.0287. The van der Waals surface area contributed by atoms with Crippen molar-refractivity contribution in [3.63, 3.8) is 0 Å². The lowest BCUT2D eigenvalue weighted by molar-refractivity contribution is -0.142. The van der Waals surface area contributed by atoms with E-state index in [4.69, 9.17) is 16.7 Å². The van der Waals surface area contributed by atoms with Gasteiger partial charge in [0.05, 0.1) is 22.6 Å². The van der Waals surface area contributed by atoms with E-state index in [1.165, 1.54) is 12.4 Å². The van der Waals surface area contributed by atoms with E-state index in [2.05, 4.69) is 15.3 Å². The van der Waals surface area contributed by atoms with Crippen molar-refractivity contribution in [3.05, 3.63) is 52.6 Å². The topological polar surface area (TPSA) is 132 Å². The summed E-state index contributed by atoms with van der Waals surface area (Å²) in [5.41, 5.74) is 1.41. The predicted molar refractivity (Wildman–Crippen MR) is 116 cm³/mol. The summed E-state index contributed by atoms with van der Waals surface area (Å²) in [5.74, 6) is -3.01. The Labute approximate surface area is 186 Å². The van der Waals surface area contributed by atoms with Gasteiger partial charge in [0.2, 0.25) is 5.91 Å². The number of hydrogen-bond donors (Lipinski definition) is 4. The van der Waals surface area contributed by atoms with Crippen LogP contribution in [0.15, 0.2) is 30.7 Å². The zero-order chi connectivity index (χ0) is 23.0. The number of halogens is 1. The summed E-state index contributed by atoms with van der Waals surface area (Å²) in [6, 6.07) is 3.68. The van der Waals surface area contributed by atoms with E-state index in [0.29, 0.717) is 18.5 Å². The molecule has 9 heteroatoms. The van der Waals surface area contributed by atoms with Crippen molar-refractivity contribution in [1.29, 1.82) is 0 Å². The molecule has 0 spiro atoms. The first-order valence-corrected chi connectivity index (χ1v) is 10.6. The normalized spacial score (nSPS) is 13.9. The van der Waals surface area contributed by atoms with Gasteiger partial charge >= 0.3 is 11.9 Å². The third-order valence-corrected chi connectivity index (χ3v) is 5.61. The number of aromatic amines is 1. The van der Waals surface area contributed by atoms with Gasteiger partial charge in [0.15, 0.2) is 0 Å². The molecule has 0 saturated heterocycles. The molecule has 3 atom stereocenters. The van der Waals surface area contributed by atoms with Crippen LogP contribution in [0, 0.1) is 11.8 Å². The molecule has 3 unspecified atom stereocenters. The highest BCUT2D eigenvalue weighted by atomic mass is 35.5. The second-order valence-corrected chi connectivity index (χ2v) is 8.12. The van der Waals surface area contributed by atoms with Crippen molar-refractivity contribution >= 4 is 29.4 Å². The second-order valence-electron chi connectivity index (χ2n) is 7.71. The van der Waals surface area contributed by atoms with Gasteiger partial charge in [-0.05, 0) is 36.5 Å². The number of imidazole rings is 1. The third kappa shape index (κ3) is 7.10. The first-order chi connectivity index (χ1) is 14.7. The lowest BCUT2D eigenvalue weighted by atomic mass is 9.84. The molecule has 1 heterocycles. The first-order valence-electron chi connectivity index (χ1n) is 10.3. The molecule has 8 nitrogen and oxygen atoms in total. The van der Waals surface area contributed by atoms with Crippen LogP contribution in [-0.2, 0) is 22.4 Å². The molecule has 0 aliphatic heterocycles. The van der Waals surface area contributed by atoms with E-state index >= 15 is 0 Å². The van der Waals surface area contributed by atoms with Crippen LogP contribution in [0.25, 0.3) is 0 Å². The molecule has 2 aromatic rings. The molecule has 1 amide bonds. The maximum atomic E-state index is 13.0. The molecular formula is C22H28ClN3O5. The molecule has 0 aliphatic rings. The van der Waals surface area contributed by atoms with E-state index in [1.54, 1.807) is 18.3 Å². The fourth-order valence-electron chi connectivity index (χ4n) is 3.56. The van der Waals surface area contributed by atoms with Gasteiger partial charge in [0, 0.05) is 18.5 Å². The van der Waals surface area contributed by atoms with Crippen LogP contribution >= 0.6 is 11.6 Å². The SMILES string of the molecule is CCCCC(C(=O)NC(Cc1c[nH]cn1)C(=O)O)C(C)Cc1ccc(C(=O)O)c(Cl)c1. The molecule has 31 heavy (non-hydrogen) atoms. The van der Waals surface area contributed by atoms with Gasteiger partial charge in [-0.3, -0.25) is 4.79 Å². The minimum Gasteiger partial charge on any atom is -0.480 e. The number of carboxylic acids is 2. The van der Waals surface area contributed by atoms with Gasteiger partial charge in [0.1, 0.15) is 6.04 Å². The summed E-state index contributed by atoms with van der Waals surface area (Å²) < 4.78 is 0. The summed E-state index contributed by atoms with van der Waals surface area (Å²) in [6.07, 6.45) is 6.03. The van der Waals surface area contributed by atoms with Crippen LogP contribution in [0.2, 0.25) is 5.02 Å². The number of aromatic carboxylic acids is 1. The zero-order valence-corrected chi connectivity index (χ0v) is 18.4. The number of carbonyl (C=O) groups is 3. The van der Waals surface area contributed by atoms with Gasteiger partial charge in [-0.25, -0.2) is 14.6 Å². The number of carboxylic acid groups (broad SMARTS) is 2. The summed E-state index contributed by atoms with van der Waals surface area (Å²) in [5, 5.41) is 21.5. The average molecular weight is 450 g/mol. The predicted octanol–water partition coefficient (Wildman–Crippen LogP) is 3.56. The average Bonchev–Trinajstić information content (AvgIpc) is 3.20. The molecule has 0 bridgehead atoms. The number of nitrogens with zero attached hydrogens (tertiary/aromatic N) is 1. The zero-order valence-electron chi connectivity index (χ0n) is 17.6. The number of hydrogen-bond acceptors (Lipinski definition) is 4. The van der Waals surface area contributed by atoms with Crippen molar-refractivity contribution in [2.75, 3.05) is 0 Å². The largest absolute Gasteiger partial charge is 0.480 e. The Morgan fingerprint density at radius 3 is 2.52 bits per heavy atom. The molecule has 2 rings (SSSR count). The number of aliphatic carboxylic acids is 1. The second kappa shape index (κ2) is 11.5. The number of amides is 1. The Bertz CT molecular complexity index is 901. The van der Waals surface area contributed by atoms with E-state index in [9.17, 15) is 19.5 Å². The molecule has 0 radical (unpaired) electrons. The van der Waals surface area contributed by atoms with Gasteiger partial charge in [-0.1, -0.05) is 44.4 Å². The Kier molecular flexibility index (Phi) is 9.05. The maximum Gasteiger partial charge on any atom is 0.337 e. The van der Waals surface area contributed by atoms with Crippen LogP contribution in [0.5, 0.6) is 0 Å². The van der Waals surface area contributed by atoms with E-state index in [1.807, 2.05) is 13.8 Å². The number of nitrogens with one attached hydrogen (secondary N) is 2. The van der Waals surface area contributed by atoms with E-state index in [0.717, 1.165) is 18.4 Å². The summed E-state index contributed by atoms with van der Waals surface area (Å²) in [6.45, 7) is 3.96.